The summed E-state index contributed by atoms with van der Waals surface area (Å²) >= 11 is 0. The van der Waals surface area contributed by atoms with Crippen LogP contribution in [0.25, 0.3) is 0 Å². The molecule has 1 aromatic heterocycles. The van der Waals surface area contributed by atoms with Gasteiger partial charge in [0.15, 0.2) is 11.8 Å². The Balaban J connectivity index is 1.62. The average Bonchev–Trinajstić information content (AvgIpc) is 3.28. The van der Waals surface area contributed by atoms with E-state index in [1.54, 1.807) is 13.4 Å². The molecule has 0 aliphatic carbocycles. The highest BCUT2D eigenvalue weighted by Crippen LogP contribution is 2.19. The summed E-state index contributed by atoms with van der Waals surface area (Å²) in [6, 6.07) is 11.8. The van der Waals surface area contributed by atoms with E-state index in [0.29, 0.717) is 6.54 Å². The summed E-state index contributed by atoms with van der Waals surface area (Å²) in [5.74, 6) is 0.385. The van der Waals surface area contributed by atoms with E-state index in [1.807, 2.05) is 24.3 Å². The van der Waals surface area contributed by atoms with Crippen LogP contribution in [-0.2, 0) is 9.59 Å². The number of nitrogens with zero attached hydrogens (tertiary/aromatic N) is 1. The number of methoxy groups -OCH3 is 1. The average molecular weight is 387 g/mol. The summed E-state index contributed by atoms with van der Waals surface area (Å²) in [7, 11) is 3.10. The number of piperazine rings is 1. The quantitative estimate of drug-likeness (QED) is 0.587. The van der Waals surface area contributed by atoms with E-state index in [9.17, 15) is 9.59 Å². The molecule has 8 heteroatoms. The lowest BCUT2D eigenvalue weighted by Gasteiger charge is -2.37. The molecule has 1 aliphatic rings. The third kappa shape index (κ3) is 4.64. The molecule has 0 radical (unpaired) electrons. The van der Waals surface area contributed by atoms with Crippen LogP contribution < -0.4 is 25.2 Å². The van der Waals surface area contributed by atoms with Crippen LogP contribution in [0.15, 0.2) is 47.1 Å². The van der Waals surface area contributed by atoms with Crippen molar-refractivity contribution in [2.75, 3.05) is 51.8 Å². The minimum absolute atomic E-state index is 0.0402. The van der Waals surface area contributed by atoms with Crippen molar-refractivity contribution in [1.82, 2.24) is 10.6 Å². The number of benzene rings is 1. The summed E-state index contributed by atoms with van der Waals surface area (Å²) < 4.78 is 10.8. The summed E-state index contributed by atoms with van der Waals surface area (Å²) in [5.41, 5.74) is 1.17. The van der Waals surface area contributed by atoms with Gasteiger partial charge in [0.05, 0.1) is 46.1 Å². The Kier molecular flexibility index (Phi) is 6.54. The highest BCUT2D eigenvalue weighted by atomic mass is 16.5. The van der Waals surface area contributed by atoms with Crippen LogP contribution in [0.2, 0.25) is 0 Å². The molecular formula is C20H27N4O4+. The van der Waals surface area contributed by atoms with Gasteiger partial charge < -0.3 is 29.6 Å². The zero-order chi connectivity index (χ0) is 19.9. The van der Waals surface area contributed by atoms with Gasteiger partial charge >= 0.3 is 11.8 Å². The van der Waals surface area contributed by atoms with Crippen LogP contribution >= 0.6 is 0 Å². The van der Waals surface area contributed by atoms with Crippen molar-refractivity contribution in [2.45, 2.75) is 6.04 Å². The minimum atomic E-state index is -0.641. The van der Waals surface area contributed by atoms with Gasteiger partial charge in [0.1, 0.15) is 5.75 Å². The number of carbonyl (C=O) groups is 2. The molecule has 1 aliphatic heterocycles. The third-order valence-corrected chi connectivity index (χ3v) is 5.12. The SMILES string of the molecule is CNC(=O)C(=O)NC[C@@H](c1ccco1)[NH+]1CCN(c2ccc(OC)cc2)CC1. The maximum atomic E-state index is 11.8. The number of furan rings is 1. The lowest BCUT2D eigenvalue weighted by Crippen LogP contribution is -3.15. The van der Waals surface area contributed by atoms with Gasteiger partial charge in [-0.25, -0.2) is 0 Å². The van der Waals surface area contributed by atoms with Gasteiger partial charge in [-0.15, -0.1) is 0 Å². The Morgan fingerprint density at radius 2 is 1.89 bits per heavy atom. The molecule has 2 heterocycles. The molecule has 1 saturated heterocycles. The highest BCUT2D eigenvalue weighted by Gasteiger charge is 2.31. The zero-order valence-corrected chi connectivity index (χ0v) is 16.2. The van der Waals surface area contributed by atoms with Crippen molar-refractivity contribution in [1.29, 1.82) is 0 Å². The van der Waals surface area contributed by atoms with Gasteiger partial charge in [-0.1, -0.05) is 0 Å². The summed E-state index contributed by atoms with van der Waals surface area (Å²) in [4.78, 5) is 27.0. The number of anilines is 1. The van der Waals surface area contributed by atoms with E-state index in [-0.39, 0.29) is 6.04 Å². The first kappa shape index (κ1) is 19.8. The molecule has 0 bridgehead atoms. The maximum absolute atomic E-state index is 11.8. The molecule has 150 valence electrons. The molecule has 1 fully saturated rings. The van der Waals surface area contributed by atoms with E-state index < -0.39 is 11.8 Å². The van der Waals surface area contributed by atoms with Crippen LogP contribution in [0.1, 0.15) is 11.8 Å². The van der Waals surface area contributed by atoms with E-state index in [2.05, 4.69) is 27.7 Å². The molecule has 1 atom stereocenters. The Morgan fingerprint density at radius 1 is 1.18 bits per heavy atom. The van der Waals surface area contributed by atoms with Crippen LogP contribution in [0, 0.1) is 0 Å². The lowest BCUT2D eigenvalue weighted by atomic mass is 10.1. The van der Waals surface area contributed by atoms with Crippen LogP contribution in [0.3, 0.4) is 0 Å². The number of ether oxygens (including phenoxy) is 1. The third-order valence-electron chi connectivity index (χ3n) is 5.12. The fourth-order valence-corrected chi connectivity index (χ4v) is 3.52. The Morgan fingerprint density at radius 3 is 2.46 bits per heavy atom. The highest BCUT2D eigenvalue weighted by molar-refractivity contribution is 6.35. The number of quaternary nitrogens is 1. The van der Waals surface area contributed by atoms with Gasteiger partial charge in [-0.3, -0.25) is 9.59 Å². The first-order valence-electron chi connectivity index (χ1n) is 9.39. The second kappa shape index (κ2) is 9.27. The Labute approximate surface area is 164 Å². The molecule has 28 heavy (non-hydrogen) atoms. The van der Waals surface area contributed by atoms with Crippen molar-refractivity contribution >= 4 is 17.5 Å². The molecule has 0 spiro atoms. The second-order valence-electron chi connectivity index (χ2n) is 6.70. The van der Waals surface area contributed by atoms with Crippen molar-refractivity contribution < 1.29 is 23.6 Å². The largest absolute Gasteiger partial charge is 0.497 e. The molecule has 3 rings (SSSR count). The van der Waals surface area contributed by atoms with E-state index >= 15 is 0 Å². The monoisotopic (exact) mass is 387 g/mol. The molecular weight excluding hydrogens is 360 g/mol. The van der Waals surface area contributed by atoms with Crippen LogP contribution in [0.5, 0.6) is 5.75 Å². The summed E-state index contributed by atoms with van der Waals surface area (Å²) in [5, 5.41) is 5.05. The van der Waals surface area contributed by atoms with Gasteiger partial charge in [-0.05, 0) is 36.4 Å². The van der Waals surface area contributed by atoms with Crippen LogP contribution in [-0.4, -0.2) is 58.7 Å². The smallest absolute Gasteiger partial charge is 0.309 e. The van der Waals surface area contributed by atoms with Gasteiger partial charge in [0, 0.05) is 12.7 Å². The molecule has 1 aromatic carbocycles. The summed E-state index contributed by atoms with van der Waals surface area (Å²) in [6.45, 7) is 3.92. The van der Waals surface area contributed by atoms with Crippen LogP contribution in [0.4, 0.5) is 5.69 Å². The van der Waals surface area contributed by atoms with Gasteiger partial charge in [0.25, 0.3) is 0 Å². The normalized spacial score (nSPS) is 15.7. The topological polar surface area (TPSA) is 88.2 Å². The minimum Gasteiger partial charge on any atom is -0.497 e. The molecule has 0 saturated carbocycles. The molecule has 2 amide bonds. The fourth-order valence-electron chi connectivity index (χ4n) is 3.52. The van der Waals surface area contributed by atoms with E-state index in [0.717, 1.165) is 37.7 Å². The van der Waals surface area contributed by atoms with Gasteiger partial charge in [0.2, 0.25) is 0 Å². The Hall–Kier alpha value is -3.00. The number of nitrogens with one attached hydrogen (secondary N) is 3. The number of hydrogen-bond acceptors (Lipinski definition) is 5. The fraction of sp³-hybridized carbons (Fsp3) is 0.400. The van der Waals surface area contributed by atoms with Crippen molar-refractivity contribution in [2.24, 2.45) is 0 Å². The number of likely N-dealkylation sites (N-methyl/N-ethyl adjacent to an activating group) is 1. The molecule has 2 aromatic rings. The summed E-state index contributed by atoms with van der Waals surface area (Å²) in [6.07, 6.45) is 1.63. The number of amides is 2. The standard InChI is InChI=1S/C20H26N4O4/c1-21-19(25)20(26)22-14-17(18-4-3-13-28-18)24-11-9-23(10-12-24)15-5-7-16(27-2)8-6-15/h3-8,13,17H,9-12,14H2,1-2H3,(H,21,25)(H,22,26)/p+1/t17-/m0/s1. The number of hydrogen-bond donors (Lipinski definition) is 3. The van der Waals surface area contributed by atoms with Crippen molar-refractivity contribution in [3.05, 3.63) is 48.4 Å². The zero-order valence-electron chi connectivity index (χ0n) is 16.2. The van der Waals surface area contributed by atoms with Crippen molar-refractivity contribution in [3.8, 4) is 5.75 Å². The Bertz CT molecular complexity index is 768. The first-order chi connectivity index (χ1) is 13.6. The number of rotatable bonds is 6. The molecule has 8 nitrogen and oxygen atoms in total. The lowest BCUT2D eigenvalue weighted by molar-refractivity contribution is -0.932. The predicted octanol–water partition coefficient (Wildman–Crippen LogP) is -0.403. The van der Waals surface area contributed by atoms with E-state index in [4.69, 9.17) is 9.15 Å². The molecule has 3 N–H and O–H groups in total. The molecule has 0 unspecified atom stereocenters. The van der Waals surface area contributed by atoms with Crippen molar-refractivity contribution in [3.63, 3.8) is 0 Å². The maximum Gasteiger partial charge on any atom is 0.309 e. The second-order valence-corrected chi connectivity index (χ2v) is 6.70. The predicted molar refractivity (Wildman–Crippen MR) is 104 cm³/mol. The first-order valence-corrected chi connectivity index (χ1v) is 9.39. The van der Waals surface area contributed by atoms with E-state index in [1.165, 1.54) is 17.6 Å². The van der Waals surface area contributed by atoms with Gasteiger partial charge in [-0.2, -0.15) is 0 Å². The number of carbonyl (C=O) groups excluding carboxylic acids is 2.